The van der Waals surface area contributed by atoms with E-state index in [0.717, 1.165) is 6.42 Å². The van der Waals surface area contributed by atoms with E-state index in [1.54, 1.807) is 0 Å². The summed E-state index contributed by atoms with van der Waals surface area (Å²) in [5.74, 6) is 0.812. The molecule has 1 radical (unpaired) electrons. The van der Waals surface area contributed by atoms with Gasteiger partial charge in [0, 0.05) is 5.92 Å². The molecule has 0 bridgehead atoms. The molecular formula is C37H47. The molecule has 0 amide bonds. The van der Waals surface area contributed by atoms with Gasteiger partial charge in [-0.05, 0) is 88.6 Å². The Bertz CT molecular complexity index is 1080. The molecule has 2 aromatic carbocycles. The summed E-state index contributed by atoms with van der Waals surface area (Å²) in [7, 11) is 0. The smallest absolute Gasteiger partial charge is 0.0358 e. The molecule has 0 heteroatoms. The lowest BCUT2D eigenvalue weighted by Crippen LogP contribution is -2.06. The molecule has 2 aliphatic rings. The first-order chi connectivity index (χ1) is 18.1. The van der Waals surface area contributed by atoms with Crippen molar-refractivity contribution in [2.45, 2.75) is 104 Å². The summed E-state index contributed by atoms with van der Waals surface area (Å²) in [5.41, 5.74) is 11.3. The third-order valence-electron chi connectivity index (χ3n) is 7.97. The first kappa shape index (κ1) is 27.4. The average molecular weight is 492 g/mol. The predicted molar refractivity (Wildman–Crippen MR) is 164 cm³/mol. The van der Waals surface area contributed by atoms with E-state index in [0.29, 0.717) is 5.92 Å². The number of fused-ring (bicyclic) bond motifs is 3. The Morgan fingerprint density at radius 3 is 1.78 bits per heavy atom. The van der Waals surface area contributed by atoms with Crippen molar-refractivity contribution in [1.82, 2.24) is 0 Å². The highest BCUT2D eigenvalue weighted by atomic mass is 14.4. The Kier molecular flexibility index (Phi) is 10.2. The summed E-state index contributed by atoms with van der Waals surface area (Å²) in [4.78, 5) is 0. The summed E-state index contributed by atoms with van der Waals surface area (Å²) in [6.45, 7) is 9.20. The molecule has 4 rings (SSSR count). The highest BCUT2D eigenvalue weighted by molar-refractivity contribution is 5.83. The van der Waals surface area contributed by atoms with Crippen LogP contribution in [-0.2, 0) is 0 Å². The Labute approximate surface area is 227 Å². The Morgan fingerprint density at radius 2 is 1.30 bits per heavy atom. The van der Waals surface area contributed by atoms with Crippen molar-refractivity contribution in [2.24, 2.45) is 5.92 Å². The fourth-order valence-electron chi connectivity index (χ4n) is 5.93. The highest BCUT2D eigenvalue weighted by Crippen LogP contribution is 2.52. The molecule has 0 spiro atoms. The number of hydrogen-bond donors (Lipinski definition) is 0. The van der Waals surface area contributed by atoms with Gasteiger partial charge in [0.1, 0.15) is 0 Å². The van der Waals surface area contributed by atoms with E-state index in [1.165, 1.54) is 109 Å². The SMILES string of the molecule is CCCCCCC=Cc1ccc2c(c1)C(C1=[C]CC=C1C(C)C)c1cc(C=CCCCCCC)ccc1-2. The first-order valence-corrected chi connectivity index (χ1v) is 15.1. The molecule has 0 aliphatic heterocycles. The summed E-state index contributed by atoms with van der Waals surface area (Å²) < 4.78 is 0. The van der Waals surface area contributed by atoms with Gasteiger partial charge in [0.15, 0.2) is 0 Å². The molecule has 0 nitrogen and oxygen atoms in total. The Hall–Kier alpha value is -2.60. The summed E-state index contributed by atoms with van der Waals surface area (Å²) in [5, 5.41) is 0. The lowest BCUT2D eigenvalue weighted by atomic mass is 9.82. The summed E-state index contributed by atoms with van der Waals surface area (Å²) in [6, 6.07) is 14.3. The van der Waals surface area contributed by atoms with Crippen molar-refractivity contribution in [3.63, 3.8) is 0 Å². The molecule has 0 atom stereocenters. The number of benzene rings is 2. The standard InChI is InChI=1S/C37H47/c1-5-7-9-11-13-15-18-29-22-24-32-33-25-23-30(19-16-14-12-10-8-6-2)27-36(33)37(35(32)26-29)34-21-17-20-31(34)28(3)4/h15-16,18-20,22-28,37H,5-14,17H2,1-4H3. The number of allylic oxidation sites excluding steroid dienone is 6. The van der Waals surface area contributed by atoms with Gasteiger partial charge in [-0.1, -0.05) is 133 Å². The maximum absolute atomic E-state index is 3.78. The predicted octanol–water partition coefficient (Wildman–Crippen LogP) is 11.5. The topological polar surface area (TPSA) is 0 Å². The van der Waals surface area contributed by atoms with Gasteiger partial charge in [0.25, 0.3) is 0 Å². The van der Waals surface area contributed by atoms with Gasteiger partial charge in [0.05, 0.1) is 0 Å². The lowest BCUT2D eigenvalue weighted by Gasteiger charge is -2.21. The summed E-state index contributed by atoms with van der Waals surface area (Å²) in [6.07, 6.45) is 29.5. The van der Waals surface area contributed by atoms with Crippen LogP contribution in [0, 0.1) is 12.0 Å². The van der Waals surface area contributed by atoms with Crippen LogP contribution in [0.5, 0.6) is 0 Å². The molecule has 37 heavy (non-hydrogen) atoms. The molecule has 0 unspecified atom stereocenters. The van der Waals surface area contributed by atoms with E-state index in [-0.39, 0.29) is 5.92 Å². The van der Waals surface area contributed by atoms with Crippen LogP contribution >= 0.6 is 0 Å². The zero-order chi connectivity index (χ0) is 26.0. The van der Waals surface area contributed by atoms with E-state index < -0.39 is 0 Å². The van der Waals surface area contributed by atoms with Crippen LogP contribution in [0.1, 0.15) is 126 Å². The fraction of sp³-hybridized carbons (Fsp3) is 0.459. The molecular weight excluding hydrogens is 444 g/mol. The van der Waals surface area contributed by atoms with E-state index in [9.17, 15) is 0 Å². The fourth-order valence-corrected chi connectivity index (χ4v) is 5.93. The average Bonchev–Trinajstić information content (AvgIpc) is 3.50. The van der Waals surface area contributed by atoms with Gasteiger partial charge in [-0.3, -0.25) is 0 Å². The molecule has 0 heterocycles. The Morgan fingerprint density at radius 1 is 0.757 bits per heavy atom. The minimum Gasteiger partial charge on any atom is -0.0839 e. The van der Waals surface area contributed by atoms with E-state index >= 15 is 0 Å². The molecule has 2 aromatic rings. The number of unbranched alkanes of at least 4 members (excludes halogenated alkanes) is 8. The normalized spacial score (nSPS) is 16.6. The van der Waals surface area contributed by atoms with Crippen LogP contribution in [-0.4, -0.2) is 0 Å². The molecule has 0 saturated carbocycles. The largest absolute Gasteiger partial charge is 0.0839 e. The monoisotopic (exact) mass is 491 g/mol. The van der Waals surface area contributed by atoms with E-state index in [2.05, 4.69) is 101 Å². The van der Waals surface area contributed by atoms with Crippen LogP contribution in [0.25, 0.3) is 23.3 Å². The number of rotatable bonds is 14. The maximum atomic E-state index is 3.78. The Balaban J connectivity index is 1.61. The van der Waals surface area contributed by atoms with E-state index in [4.69, 9.17) is 0 Å². The second kappa shape index (κ2) is 13.8. The van der Waals surface area contributed by atoms with Crippen LogP contribution in [0.2, 0.25) is 0 Å². The minimum absolute atomic E-state index is 0.289. The third kappa shape index (κ3) is 6.84. The van der Waals surface area contributed by atoms with Gasteiger partial charge in [-0.2, -0.15) is 0 Å². The van der Waals surface area contributed by atoms with Crippen molar-refractivity contribution < 1.29 is 0 Å². The zero-order valence-electron chi connectivity index (χ0n) is 23.8. The molecule has 195 valence electrons. The molecule has 0 saturated heterocycles. The molecule has 2 aliphatic carbocycles. The van der Waals surface area contributed by atoms with Crippen molar-refractivity contribution in [3.05, 3.63) is 94.1 Å². The van der Waals surface area contributed by atoms with Crippen LogP contribution in [0.3, 0.4) is 0 Å². The molecule has 0 aromatic heterocycles. The van der Waals surface area contributed by atoms with Gasteiger partial charge in [0.2, 0.25) is 0 Å². The maximum Gasteiger partial charge on any atom is 0.0358 e. The first-order valence-electron chi connectivity index (χ1n) is 15.1. The van der Waals surface area contributed by atoms with Crippen molar-refractivity contribution in [3.8, 4) is 11.1 Å². The second-order valence-corrected chi connectivity index (χ2v) is 11.2. The van der Waals surface area contributed by atoms with Gasteiger partial charge in [-0.25, -0.2) is 0 Å². The van der Waals surface area contributed by atoms with Crippen molar-refractivity contribution in [1.29, 1.82) is 0 Å². The van der Waals surface area contributed by atoms with Gasteiger partial charge >= 0.3 is 0 Å². The van der Waals surface area contributed by atoms with Gasteiger partial charge < -0.3 is 0 Å². The van der Waals surface area contributed by atoms with Crippen molar-refractivity contribution >= 4 is 12.2 Å². The minimum atomic E-state index is 0.289. The third-order valence-corrected chi connectivity index (χ3v) is 7.97. The van der Waals surface area contributed by atoms with E-state index in [1.807, 2.05) is 0 Å². The van der Waals surface area contributed by atoms with Crippen molar-refractivity contribution in [2.75, 3.05) is 0 Å². The molecule has 0 N–H and O–H groups in total. The summed E-state index contributed by atoms with van der Waals surface area (Å²) >= 11 is 0. The number of hydrogen-bond acceptors (Lipinski definition) is 0. The quantitative estimate of drug-likeness (QED) is 0.230. The van der Waals surface area contributed by atoms with Crippen LogP contribution in [0.4, 0.5) is 0 Å². The molecule has 0 fully saturated rings. The van der Waals surface area contributed by atoms with Gasteiger partial charge in [-0.15, -0.1) is 0 Å². The van der Waals surface area contributed by atoms with Crippen LogP contribution in [0.15, 0.2) is 65.8 Å². The van der Waals surface area contributed by atoms with Crippen LogP contribution < -0.4 is 0 Å². The zero-order valence-corrected chi connectivity index (χ0v) is 23.8. The highest BCUT2D eigenvalue weighted by Gasteiger charge is 2.34. The second-order valence-electron chi connectivity index (χ2n) is 11.2. The lowest BCUT2D eigenvalue weighted by molar-refractivity contribution is 0.675.